The number of rotatable bonds is 7. The topological polar surface area (TPSA) is 43.3 Å². The number of ether oxygens (including phenoxy) is 1. The molecule has 0 unspecified atom stereocenters. The van der Waals surface area contributed by atoms with Gasteiger partial charge in [0.1, 0.15) is 12.4 Å². The molecular weight excluding hydrogens is 501 g/mol. The number of hydrogen-bond donors (Lipinski definition) is 1. The van der Waals surface area contributed by atoms with Crippen molar-refractivity contribution in [2.75, 3.05) is 67.0 Å². The van der Waals surface area contributed by atoms with Crippen LogP contribution in [0.1, 0.15) is 37.7 Å². The standard InChI is InChI=1S/C24H41N5O.HI/c1-21-8-10-22(11-9-21)30-19-18-28(4)23(25-2)26-20-24(12-16-27(3)17-13-24)29-14-6-5-7-15-29;/h8-11H,5-7,12-20H2,1-4H3,(H,25,26);1H. The SMILES string of the molecule is CN=C(NCC1(N2CCCCC2)CCN(C)CC1)N(C)CCOc1ccc(C)cc1.I. The van der Waals surface area contributed by atoms with Gasteiger partial charge in [-0.3, -0.25) is 9.89 Å². The normalized spacial score (nSPS) is 20.1. The van der Waals surface area contributed by atoms with Crippen LogP contribution in [0.25, 0.3) is 0 Å². The molecule has 1 aromatic carbocycles. The van der Waals surface area contributed by atoms with Crippen LogP contribution in [0.15, 0.2) is 29.3 Å². The molecule has 2 heterocycles. The minimum Gasteiger partial charge on any atom is -0.492 e. The Balaban J connectivity index is 0.00000341. The van der Waals surface area contributed by atoms with Crippen molar-refractivity contribution in [2.24, 2.45) is 4.99 Å². The Morgan fingerprint density at radius 3 is 2.35 bits per heavy atom. The number of likely N-dealkylation sites (tertiary alicyclic amines) is 2. The van der Waals surface area contributed by atoms with Crippen molar-refractivity contribution >= 4 is 29.9 Å². The molecule has 0 amide bonds. The summed E-state index contributed by atoms with van der Waals surface area (Å²) in [5.41, 5.74) is 1.50. The molecule has 1 aromatic rings. The molecule has 0 radical (unpaired) electrons. The molecule has 2 aliphatic rings. The Hall–Kier alpha value is -1.06. The highest BCUT2D eigenvalue weighted by Gasteiger charge is 2.39. The minimum absolute atomic E-state index is 0. The van der Waals surface area contributed by atoms with Crippen molar-refractivity contribution in [3.63, 3.8) is 0 Å². The van der Waals surface area contributed by atoms with Crippen LogP contribution >= 0.6 is 24.0 Å². The largest absolute Gasteiger partial charge is 0.492 e. The van der Waals surface area contributed by atoms with Gasteiger partial charge >= 0.3 is 0 Å². The Kier molecular flexibility index (Phi) is 10.9. The summed E-state index contributed by atoms with van der Waals surface area (Å²) in [7, 11) is 6.21. The first-order valence-electron chi connectivity index (χ1n) is 11.6. The Labute approximate surface area is 206 Å². The molecule has 0 saturated carbocycles. The predicted octanol–water partition coefficient (Wildman–Crippen LogP) is 3.45. The van der Waals surface area contributed by atoms with Crippen LogP contribution in [-0.2, 0) is 0 Å². The van der Waals surface area contributed by atoms with Crippen LogP contribution in [0.4, 0.5) is 0 Å². The lowest BCUT2D eigenvalue weighted by Gasteiger charge is -2.50. The lowest BCUT2D eigenvalue weighted by molar-refractivity contribution is 0.0170. The molecule has 0 aromatic heterocycles. The van der Waals surface area contributed by atoms with Gasteiger partial charge in [-0.05, 0) is 78.0 Å². The van der Waals surface area contributed by atoms with Gasteiger partial charge in [0.15, 0.2) is 5.96 Å². The first-order valence-corrected chi connectivity index (χ1v) is 11.6. The third kappa shape index (κ3) is 7.49. The first kappa shape index (κ1) is 26.2. The zero-order valence-corrected chi connectivity index (χ0v) is 22.2. The van der Waals surface area contributed by atoms with Crippen LogP contribution < -0.4 is 10.1 Å². The van der Waals surface area contributed by atoms with E-state index >= 15 is 0 Å². The van der Waals surface area contributed by atoms with E-state index in [9.17, 15) is 0 Å². The molecule has 176 valence electrons. The van der Waals surface area contributed by atoms with Gasteiger partial charge in [-0.15, -0.1) is 24.0 Å². The van der Waals surface area contributed by atoms with E-state index in [4.69, 9.17) is 4.74 Å². The Morgan fingerprint density at radius 1 is 1.10 bits per heavy atom. The van der Waals surface area contributed by atoms with Gasteiger partial charge in [0, 0.05) is 26.2 Å². The summed E-state index contributed by atoms with van der Waals surface area (Å²) in [6, 6.07) is 8.23. The lowest BCUT2D eigenvalue weighted by Crippen LogP contribution is -2.62. The number of halogens is 1. The molecule has 31 heavy (non-hydrogen) atoms. The first-order chi connectivity index (χ1) is 14.5. The highest BCUT2D eigenvalue weighted by Crippen LogP contribution is 2.30. The number of aryl methyl sites for hydroxylation is 1. The number of nitrogens with zero attached hydrogens (tertiary/aromatic N) is 4. The highest BCUT2D eigenvalue weighted by molar-refractivity contribution is 14.0. The van der Waals surface area contributed by atoms with E-state index in [1.807, 2.05) is 19.2 Å². The number of benzene rings is 1. The van der Waals surface area contributed by atoms with Gasteiger partial charge in [-0.1, -0.05) is 24.1 Å². The van der Waals surface area contributed by atoms with Crippen molar-refractivity contribution in [1.29, 1.82) is 0 Å². The van der Waals surface area contributed by atoms with Gasteiger partial charge < -0.3 is 19.9 Å². The fourth-order valence-corrected chi connectivity index (χ4v) is 4.68. The second kappa shape index (κ2) is 12.8. The van der Waals surface area contributed by atoms with E-state index in [-0.39, 0.29) is 29.5 Å². The van der Waals surface area contributed by atoms with Gasteiger partial charge in [0.05, 0.1) is 6.54 Å². The summed E-state index contributed by atoms with van der Waals surface area (Å²) in [6.07, 6.45) is 6.51. The summed E-state index contributed by atoms with van der Waals surface area (Å²) in [4.78, 5) is 12.0. The van der Waals surface area contributed by atoms with E-state index in [2.05, 4.69) is 58.2 Å². The summed E-state index contributed by atoms with van der Waals surface area (Å²) in [6.45, 7) is 9.34. The monoisotopic (exact) mass is 543 g/mol. The number of guanidine groups is 1. The third-order valence-electron chi connectivity index (χ3n) is 6.81. The number of nitrogens with one attached hydrogen (secondary N) is 1. The number of piperidine rings is 2. The molecule has 6 nitrogen and oxygen atoms in total. The van der Waals surface area contributed by atoms with E-state index in [0.29, 0.717) is 6.61 Å². The highest BCUT2D eigenvalue weighted by atomic mass is 127. The van der Waals surface area contributed by atoms with Crippen LogP contribution in [0.5, 0.6) is 5.75 Å². The second-order valence-electron chi connectivity index (χ2n) is 9.06. The maximum atomic E-state index is 5.91. The van der Waals surface area contributed by atoms with Crippen LogP contribution in [-0.4, -0.2) is 93.2 Å². The molecule has 1 N–H and O–H groups in total. The van der Waals surface area contributed by atoms with Crippen LogP contribution in [0, 0.1) is 6.92 Å². The molecule has 7 heteroatoms. The quantitative estimate of drug-likeness (QED) is 0.324. The molecule has 2 saturated heterocycles. The number of hydrogen-bond acceptors (Lipinski definition) is 4. The number of aliphatic imine (C=N–C) groups is 1. The summed E-state index contributed by atoms with van der Waals surface area (Å²) >= 11 is 0. The van der Waals surface area contributed by atoms with Crippen molar-refractivity contribution in [3.05, 3.63) is 29.8 Å². The Bertz CT molecular complexity index is 667. The molecule has 0 bridgehead atoms. The van der Waals surface area contributed by atoms with Crippen LogP contribution in [0.3, 0.4) is 0 Å². The zero-order valence-electron chi connectivity index (χ0n) is 19.9. The predicted molar refractivity (Wildman–Crippen MR) is 141 cm³/mol. The summed E-state index contributed by atoms with van der Waals surface area (Å²) in [5, 5.41) is 3.71. The van der Waals surface area contributed by atoms with E-state index in [1.54, 1.807) is 0 Å². The molecule has 0 aliphatic carbocycles. The van der Waals surface area contributed by atoms with E-state index in [0.717, 1.165) is 24.8 Å². The van der Waals surface area contributed by atoms with Gasteiger partial charge in [-0.2, -0.15) is 0 Å². The maximum Gasteiger partial charge on any atom is 0.193 e. The molecule has 2 aliphatic heterocycles. The third-order valence-corrected chi connectivity index (χ3v) is 6.81. The average molecular weight is 544 g/mol. The van der Waals surface area contributed by atoms with E-state index < -0.39 is 0 Å². The molecule has 2 fully saturated rings. The maximum absolute atomic E-state index is 5.91. The average Bonchev–Trinajstić information content (AvgIpc) is 2.77. The van der Waals surface area contributed by atoms with Crippen molar-refractivity contribution < 1.29 is 4.74 Å². The minimum atomic E-state index is 0. The molecular formula is C24H42IN5O. The smallest absolute Gasteiger partial charge is 0.193 e. The van der Waals surface area contributed by atoms with Gasteiger partial charge in [0.25, 0.3) is 0 Å². The second-order valence-corrected chi connectivity index (χ2v) is 9.06. The van der Waals surface area contributed by atoms with Gasteiger partial charge in [0.2, 0.25) is 0 Å². The fourth-order valence-electron chi connectivity index (χ4n) is 4.68. The molecule has 0 spiro atoms. The fraction of sp³-hybridized carbons (Fsp3) is 0.708. The summed E-state index contributed by atoms with van der Waals surface area (Å²) in [5.74, 6) is 1.88. The lowest BCUT2D eigenvalue weighted by atomic mass is 9.84. The van der Waals surface area contributed by atoms with E-state index in [1.165, 1.54) is 63.8 Å². The number of likely N-dealkylation sites (N-methyl/N-ethyl adjacent to an activating group) is 1. The van der Waals surface area contributed by atoms with Crippen LogP contribution in [0.2, 0.25) is 0 Å². The van der Waals surface area contributed by atoms with Gasteiger partial charge in [-0.25, -0.2) is 0 Å². The Morgan fingerprint density at radius 2 is 1.74 bits per heavy atom. The molecule has 3 rings (SSSR count). The molecule has 0 atom stereocenters. The van der Waals surface area contributed by atoms with Crippen molar-refractivity contribution in [1.82, 2.24) is 20.0 Å². The van der Waals surface area contributed by atoms with Crippen molar-refractivity contribution in [2.45, 2.75) is 44.6 Å². The van der Waals surface area contributed by atoms with Crippen molar-refractivity contribution in [3.8, 4) is 5.75 Å². The summed E-state index contributed by atoms with van der Waals surface area (Å²) < 4.78 is 5.91. The zero-order chi connectivity index (χ0) is 21.4.